The molecule has 106 valence electrons. The number of likely N-dealkylation sites (tertiary alicyclic amines) is 1. The predicted octanol–water partition coefficient (Wildman–Crippen LogP) is 2.25. The fourth-order valence-corrected chi connectivity index (χ4v) is 3.57. The maximum atomic E-state index is 6.40. The molecule has 0 amide bonds. The molecule has 1 aliphatic carbocycles. The Hall–Kier alpha value is -0.120. The Labute approximate surface area is 112 Å². The number of piperidine rings is 1. The molecule has 0 radical (unpaired) electrons. The van der Waals surface area contributed by atoms with Crippen molar-refractivity contribution in [3.8, 4) is 0 Å². The van der Waals surface area contributed by atoms with Gasteiger partial charge in [-0.15, -0.1) is 0 Å². The van der Waals surface area contributed by atoms with Crippen LogP contribution in [-0.2, 0) is 4.74 Å². The lowest BCUT2D eigenvalue weighted by molar-refractivity contribution is 0.0103. The first-order chi connectivity index (χ1) is 8.53. The van der Waals surface area contributed by atoms with Crippen LogP contribution in [0.5, 0.6) is 0 Å². The maximum absolute atomic E-state index is 6.40. The van der Waals surface area contributed by atoms with E-state index in [0.717, 1.165) is 6.61 Å². The molecule has 0 aromatic rings. The topological polar surface area (TPSA) is 38.5 Å². The van der Waals surface area contributed by atoms with Crippen molar-refractivity contribution in [2.75, 3.05) is 26.2 Å². The summed E-state index contributed by atoms with van der Waals surface area (Å²) in [6.07, 6.45) is 5.48. The molecule has 2 rings (SSSR count). The van der Waals surface area contributed by atoms with E-state index in [4.69, 9.17) is 10.5 Å². The van der Waals surface area contributed by atoms with Crippen molar-refractivity contribution in [3.05, 3.63) is 0 Å². The molecule has 2 unspecified atom stereocenters. The van der Waals surface area contributed by atoms with Gasteiger partial charge < -0.3 is 15.4 Å². The minimum Gasteiger partial charge on any atom is -0.378 e. The lowest BCUT2D eigenvalue weighted by Gasteiger charge is -2.35. The highest BCUT2D eigenvalue weighted by Crippen LogP contribution is 2.40. The van der Waals surface area contributed by atoms with E-state index >= 15 is 0 Å². The molecule has 18 heavy (non-hydrogen) atoms. The molecule has 0 aromatic heterocycles. The Morgan fingerprint density at radius 2 is 1.89 bits per heavy atom. The highest BCUT2D eigenvalue weighted by atomic mass is 16.5. The van der Waals surface area contributed by atoms with Gasteiger partial charge in [0.05, 0.1) is 6.10 Å². The van der Waals surface area contributed by atoms with Crippen LogP contribution in [0.3, 0.4) is 0 Å². The van der Waals surface area contributed by atoms with Gasteiger partial charge in [0.1, 0.15) is 0 Å². The number of hydrogen-bond acceptors (Lipinski definition) is 3. The lowest BCUT2D eigenvalue weighted by atomic mass is 9.85. The van der Waals surface area contributed by atoms with E-state index in [2.05, 4.69) is 25.7 Å². The van der Waals surface area contributed by atoms with E-state index < -0.39 is 0 Å². The molecule has 2 N–H and O–H groups in total. The van der Waals surface area contributed by atoms with Gasteiger partial charge in [0.15, 0.2) is 0 Å². The molecule has 1 heterocycles. The van der Waals surface area contributed by atoms with E-state index in [0.29, 0.717) is 23.5 Å². The Morgan fingerprint density at radius 1 is 1.22 bits per heavy atom. The third kappa shape index (κ3) is 3.25. The fourth-order valence-electron chi connectivity index (χ4n) is 3.57. The smallest absolute Gasteiger partial charge is 0.0599 e. The molecule has 0 aromatic carbocycles. The van der Waals surface area contributed by atoms with Gasteiger partial charge in [-0.2, -0.15) is 0 Å². The van der Waals surface area contributed by atoms with Gasteiger partial charge in [0.25, 0.3) is 0 Å². The van der Waals surface area contributed by atoms with E-state index in [1.807, 2.05) is 0 Å². The van der Waals surface area contributed by atoms with Gasteiger partial charge in [-0.3, -0.25) is 0 Å². The summed E-state index contributed by atoms with van der Waals surface area (Å²) in [5, 5.41) is 0. The molecule has 3 nitrogen and oxygen atoms in total. The Morgan fingerprint density at radius 3 is 2.39 bits per heavy atom. The summed E-state index contributed by atoms with van der Waals surface area (Å²) >= 11 is 0. The average Bonchev–Trinajstić information content (AvgIpc) is 2.59. The van der Waals surface area contributed by atoms with Crippen LogP contribution in [0.15, 0.2) is 0 Å². The average molecular weight is 254 g/mol. The second-order valence-electron chi connectivity index (χ2n) is 6.77. The molecule has 1 aliphatic heterocycles. The summed E-state index contributed by atoms with van der Waals surface area (Å²) in [4.78, 5) is 2.60. The Kier molecular flexibility index (Phi) is 4.68. The summed E-state index contributed by atoms with van der Waals surface area (Å²) in [5.74, 6) is 0.698. The highest BCUT2D eigenvalue weighted by Gasteiger charge is 2.40. The van der Waals surface area contributed by atoms with Crippen LogP contribution in [0.2, 0.25) is 0 Å². The van der Waals surface area contributed by atoms with Crippen molar-refractivity contribution in [1.29, 1.82) is 0 Å². The van der Waals surface area contributed by atoms with Crippen LogP contribution in [0.25, 0.3) is 0 Å². The normalized spacial score (nSPS) is 34.0. The SMILES string of the molecule is CCOC1CCN(CC2CCC(C)(C)C2N)CC1. The van der Waals surface area contributed by atoms with Crippen molar-refractivity contribution in [2.45, 2.75) is 58.6 Å². The third-order valence-corrected chi connectivity index (χ3v) is 5.00. The van der Waals surface area contributed by atoms with Gasteiger partial charge in [0.2, 0.25) is 0 Å². The number of nitrogens with two attached hydrogens (primary N) is 1. The van der Waals surface area contributed by atoms with Gasteiger partial charge in [-0.1, -0.05) is 13.8 Å². The van der Waals surface area contributed by atoms with Crippen molar-refractivity contribution in [1.82, 2.24) is 4.90 Å². The number of hydrogen-bond donors (Lipinski definition) is 1. The zero-order valence-electron chi connectivity index (χ0n) is 12.3. The third-order valence-electron chi connectivity index (χ3n) is 5.00. The summed E-state index contributed by atoms with van der Waals surface area (Å²) < 4.78 is 5.70. The molecule has 0 bridgehead atoms. The first kappa shape index (κ1) is 14.3. The van der Waals surface area contributed by atoms with Crippen molar-refractivity contribution in [2.24, 2.45) is 17.1 Å². The van der Waals surface area contributed by atoms with E-state index in [1.165, 1.54) is 45.3 Å². The Balaban J connectivity index is 1.75. The van der Waals surface area contributed by atoms with E-state index in [1.54, 1.807) is 0 Å². The van der Waals surface area contributed by atoms with Gasteiger partial charge in [-0.25, -0.2) is 0 Å². The molecular formula is C15H30N2O. The summed E-state index contributed by atoms with van der Waals surface area (Å²) in [6, 6.07) is 0.377. The zero-order valence-corrected chi connectivity index (χ0v) is 12.3. The number of nitrogens with zero attached hydrogens (tertiary/aromatic N) is 1. The Bertz CT molecular complexity index is 259. The predicted molar refractivity (Wildman–Crippen MR) is 75.6 cm³/mol. The van der Waals surface area contributed by atoms with Crippen LogP contribution in [-0.4, -0.2) is 43.3 Å². The molecule has 1 saturated carbocycles. The van der Waals surface area contributed by atoms with Crippen LogP contribution in [0.4, 0.5) is 0 Å². The second kappa shape index (κ2) is 5.89. The largest absolute Gasteiger partial charge is 0.378 e. The summed E-state index contributed by atoms with van der Waals surface area (Å²) in [6.45, 7) is 11.2. The molecule has 2 fully saturated rings. The number of rotatable bonds is 4. The molecule has 2 atom stereocenters. The molecule has 2 aliphatic rings. The van der Waals surface area contributed by atoms with Crippen LogP contribution < -0.4 is 5.73 Å². The molecule has 1 saturated heterocycles. The minimum atomic E-state index is 0.342. The standard InChI is InChI=1S/C15H30N2O/c1-4-18-13-6-9-17(10-7-13)11-12-5-8-15(2,3)14(12)16/h12-14H,4-11,16H2,1-3H3. The lowest BCUT2D eigenvalue weighted by Crippen LogP contribution is -2.45. The van der Waals surface area contributed by atoms with Crippen molar-refractivity contribution >= 4 is 0 Å². The maximum Gasteiger partial charge on any atom is 0.0599 e. The zero-order chi connectivity index (χ0) is 13.2. The quantitative estimate of drug-likeness (QED) is 0.836. The number of ether oxygens (including phenoxy) is 1. The van der Waals surface area contributed by atoms with E-state index in [-0.39, 0.29) is 0 Å². The molecule has 3 heteroatoms. The monoisotopic (exact) mass is 254 g/mol. The first-order valence-electron chi connectivity index (χ1n) is 7.62. The van der Waals surface area contributed by atoms with Crippen molar-refractivity contribution < 1.29 is 4.74 Å². The van der Waals surface area contributed by atoms with Crippen LogP contribution in [0, 0.1) is 11.3 Å². The van der Waals surface area contributed by atoms with Gasteiger partial charge in [0, 0.05) is 32.3 Å². The van der Waals surface area contributed by atoms with Gasteiger partial charge >= 0.3 is 0 Å². The minimum absolute atomic E-state index is 0.342. The molecule has 0 spiro atoms. The fraction of sp³-hybridized carbons (Fsp3) is 1.00. The summed E-state index contributed by atoms with van der Waals surface area (Å²) in [7, 11) is 0. The second-order valence-corrected chi connectivity index (χ2v) is 6.77. The van der Waals surface area contributed by atoms with Gasteiger partial charge in [-0.05, 0) is 43.9 Å². The molecular weight excluding hydrogens is 224 g/mol. The van der Waals surface area contributed by atoms with Crippen LogP contribution >= 0.6 is 0 Å². The van der Waals surface area contributed by atoms with Crippen LogP contribution in [0.1, 0.15) is 46.5 Å². The van der Waals surface area contributed by atoms with E-state index in [9.17, 15) is 0 Å². The highest BCUT2D eigenvalue weighted by molar-refractivity contribution is 4.95. The first-order valence-corrected chi connectivity index (χ1v) is 7.62. The summed E-state index contributed by atoms with van der Waals surface area (Å²) in [5.41, 5.74) is 6.74. The van der Waals surface area contributed by atoms with Crippen molar-refractivity contribution in [3.63, 3.8) is 0 Å².